The monoisotopic (exact) mass is 606 g/mol. The summed E-state index contributed by atoms with van der Waals surface area (Å²) in [5.74, 6) is 1.94. The SMILES string of the molecule is C=CCCNc1nc(NCc2csc(-c3ccccc3)n2)nc(N2CCC[C@@H]2CNS(=O)(=O)c2ccc(OC)cc2)n1. The van der Waals surface area contributed by atoms with Gasteiger partial charge in [-0.2, -0.15) is 15.0 Å². The van der Waals surface area contributed by atoms with Crippen molar-refractivity contribution in [3.63, 3.8) is 0 Å². The van der Waals surface area contributed by atoms with Crippen molar-refractivity contribution in [3.8, 4) is 16.3 Å². The van der Waals surface area contributed by atoms with Crippen LogP contribution in [0.1, 0.15) is 25.0 Å². The summed E-state index contributed by atoms with van der Waals surface area (Å²) >= 11 is 1.59. The Hall–Kier alpha value is -4.07. The zero-order valence-electron chi connectivity index (χ0n) is 23.4. The molecule has 0 unspecified atom stereocenters. The Kier molecular flexibility index (Phi) is 9.62. The van der Waals surface area contributed by atoms with E-state index in [1.807, 2.05) is 46.7 Å². The van der Waals surface area contributed by atoms with Gasteiger partial charge in [-0.15, -0.1) is 17.9 Å². The second-order valence-corrected chi connectivity index (χ2v) is 12.3. The van der Waals surface area contributed by atoms with E-state index in [2.05, 4.69) is 31.9 Å². The number of anilines is 3. The van der Waals surface area contributed by atoms with Crippen molar-refractivity contribution in [1.82, 2.24) is 24.7 Å². The zero-order valence-corrected chi connectivity index (χ0v) is 25.0. The van der Waals surface area contributed by atoms with Crippen LogP contribution in [0.15, 0.2) is 77.5 Å². The number of ether oxygens (including phenoxy) is 1. The second-order valence-electron chi connectivity index (χ2n) is 9.67. The van der Waals surface area contributed by atoms with E-state index in [0.29, 0.717) is 43.2 Å². The van der Waals surface area contributed by atoms with E-state index in [9.17, 15) is 8.42 Å². The number of sulfonamides is 1. The van der Waals surface area contributed by atoms with Gasteiger partial charge in [-0.05, 0) is 43.5 Å². The van der Waals surface area contributed by atoms with Crippen molar-refractivity contribution < 1.29 is 13.2 Å². The second kappa shape index (κ2) is 13.7. The Balaban J connectivity index is 1.30. The third kappa shape index (κ3) is 7.41. The van der Waals surface area contributed by atoms with Crippen LogP contribution in [0.3, 0.4) is 0 Å². The number of thiazole rings is 1. The highest BCUT2D eigenvalue weighted by molar-refractivity contribution is 7.89. The summed E-state index contributed by atoms with van der Waals surface area (Å²) in [7, 11) is -2.15. The van der Waals surface area contributed by atoms with E-state index in [4.69, 9.17) is 14.7 Å². The lowest BCUT2D eigenvalue weighted by Gasteiger charge is -2.25. The summed E-state index contributed by atoms with van der Waals surface area (Å²) in [4.78, 5) is 20.9. The molecule has 3 heterocycles. The van der Waals surface area contributed by atoms with Gasteiger partial charge >= 0.3 is 0 Å². The van der Waals surface area contributed by atoms with Crippen molar-refractivity contribution in [1.29, 1.82) is 0 Å². The molecule has 1 aliphatic heterocycles. The average Bonchev–Trinajstić information content (AvgIpc) is 3.70. The lowest BCUT2D eigenvalue weighted by atomic mass is 10.2. The highest BCUT2D eigenvalue weighted by Crippen LogP contribution is 2.26. The van der Waals surface area contributed by atoms with Gasteiger partial charge in [0.1, 0.15) is 10.8 Å². The maximum atomic E-state index is 13.0. The van der Waals surface area contributed by atoms with E-state index in [1.54, 1.807) is 30.6 Å². The van der Waals surface area contributed by atoms with Gasteiger partial charge in [0, 0.05) is 36.6 Å². The van der Waals surface area contributed by atoms with Gasteiger partial charge in [0.2, 0.25) is 27.9 Å². The molecule has 1 aliphatic rings. The van der Waals surface area contributed by atoms with Crippen molar-refractivity contribution in [2.75, 3.05) is 42.3 Å². The number of benzene rings is 2. The molecule has 0 radical (unpaired) electrons. The first kappa shape index (κ1) is 29.4. The predicted molar refractivity (Wildman–Crippen MR) is 167 cm³/mol. The number of nitrogens with one attached hydrogen (secondary N) is 3. The summed E-state index contributed by atoms with van der Waals surface area (Å²) in [5, 5.41) is 9.51. The maximum Gasteiger partial charge on any atom is 0.240 e. The highest BCUT2D eigenvalue weighted by Gasteiger charge is 2.29. The number of rotatable bonds is 14. The molecule has 0 bridgehead atoms. The van der Waals surface area contributed by atoms with Gasteiger partial charge in [0.25, 0.3) is 0 Å². The summed E-state index contributed by atoms with van der Waals surface area (Å²) in [6, 6.07) is 16.3. The summed E-state index contributed by atoms with van der Waals surface area (Å²) < 4.78 is 33.8. The minimum absolute atomic E-state index is 0.110. The first-order valence-electron chi connectivity index (χ1n) is 13.7. The molecule has 4 aromatic rings. The molecule has 1 fully saturated rings. The number of aromatic nitrogens is 4. The molecule has 2 aromatic carbocycles. The number of nitrogens with zero attached hydrogens (tertiary/aromatic N) is 5. The third-order valence-electron chi connectivity index (χ3n) is 6.77. The van der Waals surface area contributed by atoms with Gasteiger partial charge in [0.05, 0.1) is 24.2 Å². The number of hydrogen-bond donors (Lipinski definition) is 3. The Morgan fingerprint density at radius 2 is 1.81 bits per heavy atom. The summed E-state index contributed by atoms with van der Waals surface area (Å²) in [6.07, 6.45) is 4.28. The standard InChI is InChI=1S/C29H34N8O3S2/c1-3-4-16-30-27-34-28(31-18-22-20-41-26(33-22)21-9-6-5-7-10-21)36-29(35-27)37-17-8-11-23(37)19-32-42(38,39)25-14-12-24(40-2)13-15-25/h3,5-7,9-10,12-15,20,23,32H,1,4,8,11,16-19H2,2H3,(H2,30,31,34,35,36)/t23-/m1/s1. The van der Waals surface area contributed by atoms with Crippen LogP contribution in [0.25, 0.3) is 10.6 Å². The van der Waals surface area contributed by atoms with Gasteiger partial charge in [-0.25, -0.2) is 18.1 Å². The van der Waals surface area contributed by atoms with Crippen molar-refractivity contribution >= 4 is 39.2 Å². The molecular formula is C29H34N8O3S2. The van der Waals surface area contributed by atoms with Crippen LogP contribution < -0.4 is 25.0 Å². The van der Waals surface area contributed by atoms with E-state index in [-0.39, 0.29) is 17.5 Å². The lowest BCUT2D eigenvalue weighted by molar-refractivity contribution is 0.414. The fourth-order valence-corrected chi connectivity index (χ4v) is 6.46. The normalized spacial score (nSPS) is 15.0. The quantitative estimate of drug-likeness (QED) is 0.139. The molecule has 3 N–H and O–H groups in total. The van der Waals surface area contributed by atoms with Crippen LogP contribution in [-0.4, -0.2) is 61.1 Å². The average molecular weight is 607 g/mol. The predicted octanol–water partition coefficient (Wildman–Crippen LogP) is 4.55. The van der Waals surface area contributed by atoms with Gasteiger partial charge in [0.15, 0.2) is 0 Å². The van der Waals surface area contributed by atoms with E-state index >= 15 is 0 Å². The molecule has 0 amide bonds. The Morgan fingerprint density at radius 3 is 2.55 bits per heavy atom. The fourth-order valence-electron chi connectivity index (χ4n) is 4.56. The van der Waals surface area contributed by atoms with Gasteiger partial charge < -0.3 is 20.3 Å². The zero-order chi connectivity index (χ0) is 29.4. The van der Waals surface area contributed by atoms with Crippen molar-refractivity contribution in [2.24, 2.45) is 0 Å². The van der Waals surface area contributed by atoms with Crippen LogP contribution in [0.5, 0.6) is 5.75 Å². The molecular weight excluding hydrogens is 573 g/mol. The molecule has 11 nitrogen and oxygen atoms in total. The first-order valence-corrected chi connectivity index (χ1v) is 16.1. The molecule has 1 atom stereocenters. The molecule has 5 rings (SSSR count). The van der Waals surface area contributed by atoms with Crippen LogP contribution in [-0.2, 0) is 16.6 Å². The van der Waals surface area contributed by atoms with Crippen molar-refractivity contribution in [3.05, 3.63) is 78.3 Å². The minimum atomic E-state index is -3.69. The fraction of sp³-hybridized carbons (Fsp3) is 0.310. The minimum Gasteiger partial charge on any atom is -0.497 e. The smallest absolute Gasteiger partial charge is 0.240 e. The molecule has 1 saturated heterocycles. The molecule has 2 aromatic heterocycles. The lowest BCUT2D eigenvalue weighted by Crippen LogP contribution is -2.41. The third-order valence-corrected chi connectivity index (χ3v) is 9.15. The van der Waals surface area contributed by atoms with Crippen LogP contribution in [0, 0.1) is 0 Å². The molecule has 42 heavy (non-hydrogen) atoms. The van der Waals surface area contributed by atoms with Crippen LogP contribution in [0.4, 0.5) is 17.8 Å². The molecule has 0 saturated carbocycles. The molecule has 0 spiro atoms. The Labute approximate surface area is 250 Å². The van der Waals surface area contributed by atoms with Crippen LogP contribution >= 0.6 is 11.3 Å². The Bertz CT molecular complexity index is 1580. The molecule has 220 valence electrons. The maximum absolute atomic E-state index is 13.0. The van der Waals surface area contributed by atoms with Crippen molar-refractivity contribution in [2.45, 2.75) is 36.7 Å². The number of hydrogen-bond acceptors (Lipinski definition) is 11. The van der Waals surface area contributed by atoms with E-state index in [1.165, 1.54) is 12.1 Å². The number of methoxy groups -OCH3 is 1. The molecule has 0 aliphatic carbocycles. The van der Waals surface area contributed by atoms with Gasteiger partial charge in [-0.3, -0.25) is 0 Å². The first-order chi connectivity index (χ1) is 20.4. The largest absolute Gasteiger partial charge is 0.497 e. The topological polar surface area (TPSA) is 134 Å². The highest BCUT2D eigenvalue weighted by atomic mass is 32.2. The summed E-state index contributed by atoms with van der Waals surface area (Å²) in [5.41, 5.74) is 1.96. The van der Waals surface area contributed by atoms with Crippen LogP contribution in [0.2, 0.25) is 0 Å². The van der Waals surface area contributed by atoms with E-state index in [0.717, 1.165) is 35.5 Å². The van der Waals surface area contributed by atoms with E-state index < -0.39 is 10.0 Å². The Morgan fingerprint density at radius 1 is 1.05 bits per heavy atom. The summed E-state index contributed by atoms with van der Waals surface area (Å²) in [6.45, 7) is 5.78. The van der Waals surface area contributed by atoms with Gasteiger partial charge in [-0.1, -0.05) is 36.4 Å². The molecule has 13 heteroatoms.